The smallest absolute Gasteiger partial charge is 0.222 e. The minimum Gasteiger partial charge on any atom is -0.349 e. The highest BCUT2D eigenvalue weighted by molar-refractivity contribution is 6.35. The molecule has 0 aliphatic heterocycles. The third-order valence-electron chi connectivity index (χ3n) is 3.44. The van der Waals surface area contributed by atoms with Crippen molar-refractivity contribution in [2.75, 3.05) is 0 Å². The zero-order valence-electron chi connectivity index (χ0n) is 12.2. The van der Waals surface area contributed by atoms with Crippen LogP contribution in [0.25, 0.3) is 0 Å². The summed E-state index contributed by atoms with van der Waals surface area (Å²) in [6.07, 6.45) is 0.222. The maximum atomic E-state index is 12.1. The van der Waals surface area contributed by atoms with Gasteiger partial charge in [-0.25, -0.2) is 0 Å². The van der Waals surface area contributed by atoms with Crippen molar-refractivity contribution in [3.63, 3.8) is 0 Å². The predicted octanol–water partition coefficient (Wildman–Crippen LogP) is 4.26. The molecule has 0 aliphatic carbocycles. The average Bonchev–Trinajstić information content (AvgIpc) is 2.47. The van der Waals surface area contributed by atoms with Crippen molar-refractivity contribution in [2.24, 2.45) is 5.73 Å². The molecule has 0 aliphatic rings. The van der Waals surface area contributed by atoms with Crippen LogP contribution in [0.3, 0.4) is 0 Å². The predicted molar refractivity (Wildman–Crippen MR) is 91.0 cm³/mol. The molecule has 2 aromatic carbocycles. The van der Waals surface area contributed by atoms with Crippen LogP contribution >= 0.6 is 23.2 Å². The number of amides is 1. The van der Waals surface area contributed by atoms with Gasteiger partial charge < -0.3 is 11.1 Å². The normalized spacial score (nSPS) is 13.5. The molecule has 0 fully saturated rings. The summed E-state index contributed by atoms with van der Waals surface area (Å²) in [5.74, 6) is -0.116. The molecule has 5 heteroatoms. The van der Waals surface area contributed by atoms with Crippen molar-refractivity contribution < 1.29 is 4.79 Å². The Morgan fingerprint density at radius 1 is 1.18 bits per heavy atom. The van der Waals surface area contributed by atoms with Gasteiger partial charge in [0.25, 0.3) is 0 Å². The van der Waals surface area contributed by atoms with E-state index in [2.05, 4.69) is 5.32 Å². The van der Waals surface area contributed by atoms with Crippen molar-refractivity contribution >= 4 is 29.1 Å². The summed E-state index contributed by atoms with van der Waals surface area (Å²) in [7, 11) is 0. The quantitative estimate of drug-likeness (QED) is 0.856. The average molecular weight is 337 g/mol. The van der Waals surface area contributed by atoms with Gasteiger partial charge in [-0.3, -0.25) is 4.79 Å². The standard InChI is InChI=1S/C17H18Cl2N2O/c1-11(14-8-7-13(18)9-15(14)19)21-17(22)10-16(20)12-5-3-2-4-6-12/h2-9,11,16H,10,20H2,1H3,(H,21,22)/t11-,16+/m1/s1. The Labute approximate surface area is 140 Å². The van der Waals surface area contributed by atoms with Gasteiger partial charge in [-0.2, -0.15) is 0 Å². The Hall–Kier alpha value is -1.55. The molecular formula is C17H18Cl2N2O. The first kappa shape index (κ1) is 16.8. The van der Waals surface area contributed by atoms with Crippen molar-refractivity contribution in [1.29, 1.82) is 0 Å². The lowest BCUT2D eigenvalue weighted by Gasteiger charge is -2.18. The number of carbonyl (C=O) groups is 1. The van der Waals surface area contributed by atoms with Crippen LogP contribution in [0.1, 0.15) is 36.6 Å². The maximum Gasteiger partial charge on any atom is 0.222 e. The molecule has 1 amide bonds. The molecule has 0 radical (unpaired) electrons. The number of rotatable bonds is 5. The van der Waals surface area contributed by atoms with Crippen LogP contribution in [-0.2, 0) is 4.79 Å². The molecule has 3 N–H and O–H groups in total. The summed E-state index contributed by atoms with van der Waals surface area (Å²) in [5, 5.41) is 4.01. The van der Waals surface area contributed by atoms with Crippen LogP contribution < -0.4 is 11.1 Å². The summed E-state index contributed by atoms with van der Waals surface area (Å²) < 4.78 is 0. The zero-order chi connectivity index (χ0) is 16.1. The van der Waals surface area contributed by atoms with Crippen LogP contribution in [0.15, 0.2) is 48.5 Å². The number of hydrogen-bond donors (Lipinski definition) is 2. The van der Waals surface area contributed by atoms with E-state index in [0.29, 0.717) is 10.0 Å². The van der Waals surface area contributed by atoms with Crippen molar-refractivity contribution in [2.45, 2.75) is 25.4 Å². The molecule has 0 bridgehead atoms. The molecule has 3 nitrogen and oxygen atoms in total. The van der Waals surface area contributed by atoms with Crippen LogP contribution in [0.5, 0.6) is 0 Å². The minimum absolute atomic E-state index is 0.116. The molecule has 2 aromatic rings. The van der Waals surface area contributed by atoms with Crippen LogP contribution in [0.2, 0.25) is 10.0 Å². The van der Waals surface area contributed by atoms with Gasteiger partial charge in [0.05, 0.1) is 6.04 Å². The maximum absolute atomic E-state index is 12.1. The number of benzene rings is 2. The largest absolute Gasteiger partial charge is 0.349 e. The highest BCUT2D eigenvalue weighted by atomic mass is 35.5. The Morgan fingerprint density at radius 3 is 2.50 bits per heavy atom. The van der Waals surface area contributed by atoms with Gasteiger partial charge in [0.15, 0.2) is 0 Å². The van der Waals surface area contributed by atoms with Gasteiger partial charge in [-0.1, -0.05) is 59.6 Å². The van der Waals surface area contributed by atoms with E-state index in [1.807, 2.05) is 43.3 Å². The molecule has 2 rings (SSSR count). The van der Waals surface area contributed by atoms with E-state index in [1.54, 1.807) is 12.1 Å². The molecular weight excluding hydrogens is 319 g/mol. The molecule has 0 aromatic heterocycles. The topological polar surface area (TPSA) is 55.1 Å². The zero-order valence-corrected chi connectivity index (χ0v) is 13.7. The van der Waals surface area contributed by atoms with E-state index in [0.717, 1.165) is 11.1 Å². The summed E-state index contributed by atoms with van der Waals surface area (Å²) in [4.78, 5) is 12.1. The number of nitrogens with two attached hydrogens (primary N) is 1. The monoisotopic (exact) mass is 336 g/mol. The first-order valence-corrected chi connectivity index (χ1v) is 7.78. The fraction of sp³-hybridized carbons (Fsp3) is 0.235. The fourth-order valence-corrected chi connectivity index (χ4v) is 2.82. The van der Waals surface area contributed by atoms with E-state index in [9.17, 15) is 4.79 Å². The van der Waals surface area contributed by atoms with Crippen molar-refractivity contribution in [3.8, 4) is 0 Å². The summed E-state index contributed by atoms with van der Waals surface area (Å²) in [6, 6.07) is 14.3. The lowest BCUT2D eigenvalue weighted by Crippen LogP contribution is -2.30. The van der Waals surface area contributed by atoms with Crippen LogP contribution in [0.4, 0.5) is 0 Å². The van der Waals surface area contributed by atoms with Crippen LogP contribution in [-0.4, -0.2) is 5.91 Å². The molecule has 2 atom stereocenters. The van der Waals surface area contributed by atoms with E-state index in [4.69, 9.17) is 28.9 Å². The SMILES string of the molecule is C[C@@H](NC(=O)C[C@H](N)c1ccccc1)c1ccc(Cl)cc1Cl. The van der Waals surface area contributed by atoms with E-state index < -0.39 is 0 Å². The molecule has 22 heavy (non-hydrogen) atoms. The molecule has 0 spiro atoms. The minimum atomic E-state index is -0.325. The number of carbonyl (C=O) groups excluding carboxylic acids is 1. The molecule has 0 saturated carbocycles. The van der Waals surface area contributed by atoms with Crippen LogP contribution in [0, 0.1) is 0 Å². The molecule has 0 saturated heterocycles. The summed E-state index contributed by atoms with van der Waals surface area (Å²) >= 11 is 12.0. The van der Waals surface area contributed by atoms with Gasteiger partial charge in [-0.15, -0.1) is 0 Å². The highest BCUT2D eigenvalue weighted by Gasteiger charge is 2.16. The summed E-state index contributed by atoms with van der Waals surface area (Å²) in [6.45, 7) is 1.88. The molecule has 0 unspecified atom stereocenters. The number of nitrogens with one attached hydrogen (secondary N) is 1. The Kier molecular flexibility index (Phi) is 5.83. The summed E-state index contributed by atoms with van der Waals surface area (Å²) in [5.41, 5.74) is 7.82. The van der Waals surface area contributed by atoms with Crippen molar-refractivity contribution in [1.82, 2.24) is 5.32 Å². The van der Waals surface area contributed by atoms with Gasteiger partial charge >= 0.3 is 0 Å². The molecule has 0 heterocycles. The molecule has 116 valence electrons. The Bertz CT molecular complexity index is 646. The lowest BCUT2D eigenvalue weighted by atomic mass is 10.0. The second-order valence-electron chi connectivity index (χ2n) is 5.18. The second-order valence-corrected chi connectivity index (χ2v) is 6.02. The highest BCUT2D eigenvalue weighted by Crippen LogP contribution is 2.26. The second kappa shape index (κ2) is 7.63. The van der Waals surface area contributed by atoms with Gasteiger partial charge in [0, 0.05) is 22.5 Å². The van der Waals surface area contributed by atoms with Gasteiger partial charge in [-0.05, 0) is 30.2 Å². The number of halogens is 2. The lowest BCUT2D eigenvalue weighted by molar-refractivity contribution is -0.122. The third-order valence-corrected chi connectivity index (χ3v) is 4.00. The van der Waals surface area contributed by atoms with Gasteiger partial charge in [0.1, 0.15) is 0 Å². The van der Waals surface area contributed by atoms with E-state index >= 15 is 0 Å². The Morgan fingerprint density at radius 2 is 1.86 bits per heavy atom. The van der Waals surface area contributed by atoms with Gasteiger partial charge in [0.2, 0.25) is 5.91 Å². The Balaban J connectivity index is 1.96. The van der Waals surface area contributed by atoms with Crippen molar-refractivity contribution in [3.05, 3.63) is 69.7 Å². The fourth-order valence-electron chi connectivity index (χ4n) is 2.25. The third kappa shape index (κ3) is 4.47. The first-order valence-electron chi connectivity index (χ1n) is 7.02. The van der Waals surface area contributed by atoms with E-state index in [1.165, 1.54) is 0 Å². The first-order chi connectivity index (χ1) is 10.5. The van der Waals surface area contributed by atoms with E-state index in [-0.39, 0.29) is 24.4 Å². The number of hydrogen-bond acceptors (Lipinski definition) is 2.